The summed E-state index contributed by atoms with van der Waals surface area (Å²) in [5, 5.41) is 9.66. The number of aliphatic hydroxyl groups is 1. The van der Waals surface area contributed by atoms with E-state index in [2.05, 4.69) is 20.7 Å². The van der Waals surface area contributed by atoms with E-state index in [0.717, 1.165) is 9.35 Å². The van der Waals surface area contributed by atoms with Crippen molar-refractivity contribution in [3.05, 3.63) is 20.3 Å². The second-order valence-corrected chi connectivity index (χ2v) is 6.82. The zero-order valence-corrected chi connectivity index (χ0v) is 13.0. The molecule has 5 nitrogen and oxygen atoms in total. The fourth-order valence-electron chi connectivity index (χ4n) is 2.10. The van der Waals surface area contributed by atoms with Crippen molar-refractivity contribution in [2.24, 2.45) is 0 Å². The zero-order valence-electron chi connectivity index (χ0n) is 10.6. The molecule has 0 aliphatic carbocycles. The number of thiophene rings is 1. The molecule has 1 amide bonds. The maximum absolute atomic E-state index is 12.4. The number of hydrogen-bond donors (Lipinski definition) is 1. The van der Waals surface area contributed by atoms with Crippen LogP contribution in [0, 0.1) is 6.92 Å². The molecule has 1 aliphatic heterocycles. The molecular weight excluding hydrogens is 334 g/mol. The predicted molar refractivity (Wildman–Crippen MR) is 74.2 cm³/mol. The van der Waals surface area contributed by atoms with E-state index in [0.29, 0.717) is 4.88 Å². The zero-order chi connectivity index (χ0) is 14.2. The van der Waals surface area contributed by atoms with Gasteiger partial charge in [0.2, 0.25) is 0 Å². The third kappa shape index (κ3) is 2.82. The van der Waals surface area contributed by atoms with E-state index in [1.807, 2.05) is 6.92 Å². The van der Waals surface area contributed by atoms with Crippen LogP contribution in [0.3, 0.4) is 0 Å². The summed E-state index contributed by atoms with van der Waals surface area (Å²) in [6, 6.07) is 1.07. The highest BCUT2D eigenvalue weighted by Crippen LogP contribution is 2.30. The smallest absolute Gasteiger partial charge is 0.328 e. The van der Waals surface area contributed by atoms with Crippen LogP contribution in [-0.2, 0) is 9.53 Å². The van der Waals surface area contributed by atoms with Crippen molar-refractivity contribution in [3.8, 4) is 0 Å². The maximum Gasteiger partial charge on any atom is 0.328 e. The van der Waals surface area contributed by atoms with E-state index in [9.17, 15) is 14.7 Å². The summed E-state index contributed by atoms with van der Waals surface area (Å²) >= 11 is 4.69. The Bertz CT molecular complexity index is 496. The van der Waals surface area contributed by atoms with Gasteiger partial charge in [0.1, 0.15) is 6.04 Å². The van der Waals surface area contributed by atoms with Gasteiger partial charge < -0.3 is 14.7 Å². The van der Waals surface area contributed by atoms with E-state index in [1.165, 1.54) is 23.3 Å². The first-order valence-electron chi connectivity index (χ1n) is 5.76. The molecule has 7 heteroatoms. The Morgan fingerprint density at radius 1 is 1.58 bits per heavy atom. The van der Waals surface area contributed by atoms with Crippen molar-refractivity contribution in [1.82, 2.24) is 4.90 Å². The fourth-order valence-corrected chi connectivity index (χ4v) is 3.60. The van der Waals surface area contributed by atoms with Crippen molar-refractivity contribution in [2.75, 3.05) is 13.7 Å². The standard InChI is InChI=1S/C12H14BrNO4S/c1-6-3-9(19-10(6)13)11(16)14-5-7(15)4-8(14)12(17)18-2/h3,7-8,15H,4-5H2,1-2H3. The van der Waals surface area contributed by atoms with Crippen LogP contribution >= 0.6 is 27.3 Å². The third-order valence-electron chi connectivity index (χ3n) is 3.08. The molecule has 0 spiro atoms. The van der Waals surface area contributed by atoms with Gasteiger partial charge in [-0.1, -0.05) is 0 Å². The number of esters is 1. The third-order valence-corrected chi connectivity index (χ3v) is 5.21. The lowest BCUT2D eigenvalue weighted by molar-refractivity contribution is -0.145. The van der Waals surface area contributed by atoms with Crippen LogP contribution in [0.15, 0.2) is 9.85 Å². The second kappa shape index (κ2) is 5.60. The van der Waals surface area contributed by atoms with Crippen LogP contribution in [0.5, 0.6) is 0 Å². The molecule has 1 saturated heterocycles. The van der Waals surface area contributed by atoms with Gasteiger partial charge in [-0.3, -0.25) is 4.79 Å². The average Bonchev–Trinajstić information content (AvgIpc) is 2.92. The van der Waals surface area contributed by atoms with Gasteiger partial charge in [0, 0.05) is 13.0 Å². The lowest BCUT2D eigenvalue weighted by atomic mass is 10.2. The summed E-state index contributed by atoms with van der Waals surface area (Å²) in [6.45, 7) is 2.06. The average molecular weight is 348 g/mol. The Morgan fingerprint density at radius 2 is 2.26 bits per heavy atom. The van der Waals surface area contributed by atoms with E-state index < -0.39 is 18.1 Å². The number of ether oxygens (including phenoxy) is 1. The fraction of sp³-hybridized carbons (Fsp3) is 0.500. The Balaban J connectivity index is 2.24. The summed E-state index contributed by atoms with van der Waals surface area (Å²) in [6.07, 6.45) is -0.457. The van der Waals surface area contributed by atoms with Gasteiger partial charge >= 0.3 is 5.97 Å². The first kappa shape index (κ1) is 14.5. The minimum absolute atomic E-state index is 0.160. The Morgan fingerprint density at radius 3 is 2.79 bits per heavy atom. The van der Waals surface area contributed by atoms with E-state index >= 15 is 0 Å². The van der Waals surface area contributed by atoms with Crippen molar-refractivity contribution < 1.29 is 19.4 Å². The van der Waals surface area contributed by atoms with Crippen LogP contribution in [0.1, 0.15) is 21.7 Å². The molecule has 2 rings (SSSR count). The summed E-state index contributed by atoms with van der Waals surface area (Å²) in [5.41, 5.74) is 0.975. The number of hydrogen-bond acceptors (Lipinski definition) is 5. The highest BCUT2D eigenvalue weighted by Gasteiger charge is 2.40. The molecule has 2 atom stereocenters. The minimum Gasteiger partial charge on any atom is -0.467 e. The molecule has 2 heterocycles. The summed E-state index contributed by atoms with van der Waals surface area (Å²) in [4.78, 5) is 26.0. The van der Waals surface area contributed by atoms with E-state index in [4.69, 9.17) is 0 Å². The molecule has 0 aromatic carbocycles. The van der Waals surface area contributed by atoms with Crippen molar-refractivity contribution in [2.45, 2.75) is 25.5 Å². The van der Waals surface area contributed by atoms with Crippen LogP contribution in [0.25, 0.3) is 0 Å². The van der Waals surface area contributed by atoms with Crippen molar-refractivity contribution in [3.63, 3.8) is 0 Å². The van der Waals surface area contributed by atoms with Gasteiger partial charge in [-0.05, 0) is 34.5 Å². The number of halogens is 1. The lowest BCUT2D eigenvalue weighted by Crippen LogP contribution is -2.40. The van der Waals surface area contributed by atoms with Crippen molar-refractivity contribution >= 4 is 39.1 Å². The Hall–Kier alpha value is -0.920. The Labute approximate surface area is 123 Å². The lowest BCUT2D eigenvalue weighted by Gasteiger charge is -2.21. The van der Waals surface area contributed by atoms with Crippen LogP contribution in [0.2, 0.25) is 0 Å². The predicted octanol–water partition coefficient (Wildman–Crippen LogP) is 1.57. The molecule has 1 aromatic heterocycles. The van der Waals surface area contributed by atoms with Gasteiger partial charge in [0.15, 0.2) is 0 Å². The number of aliphatic hydroxyl groups excluding tert-OH is 1. The highest BCUT2D eigenvalue weighted by molar-refractivity contribution is 9.11. The number of likely N-dealkylation sites (tertiary alicyclic amines) is 1. The van der Waals surface area contributed by atoms with Gasteiger partial charge in [-0.15, -0.1) is 11.3 Å². The number of carbonyl (C=O) groups is 2. The summed E-state index contributed by atoms with van der Waals surface area (Å²) in [5.74, 6) is -0.733. The monoisotopic (exact) mass is 347 g/mol. The van der Waals surface area contributed by atoms with E-state index in [-0.39, 0.29) is 18.9 Å². The SMILES string of the molecule is COC(=O)C1CC(O)CN1C(=O)c1cc(C)c(Br)s1. The maximum atomic E-state index is 12.4. The number of rotatable bonds is 2. The first-order chi connectivity index (χ1) is 8.93. The quantitative estimate of drug-likeness (QED) is 0.824. The first-order valence-corrected chi connectivity index (χ1v) is 7.37. The summed E-state index contributed by atoms with van der Waals surface area (Å²) < 4.78 is 5.57. The number of β-amino-alcohol motifs (C(OH)–C–C–N with tert-alkyl or cyclic N) is 1. The molecule has 1 aromatic rings. The molecule has 19 heavy (non-hydrogen) atoms. The molecule has 1 N–H and O–H groups in total. The molecule has 1 fully saturated rings. The normalized spacial score (nSPS) is 22.6. The topological polar surface area (TPSA) is 66.8 Å². The number of aryl methyl sites for hydroxylation is 1. The molecule has 0 saturated carbocycles. The molecule has 1 aliphatic rings. The Kier molecular flexibility index (Phi) is 4.27. The number of methoxy groups -OCH3 is 1. The number of carbonyl (C=O) groups excluding carboxylic acids is 2. The van der Waals surface area contributed by atoms with Gasteiger partial charge in [0.25, 0.3) is 5.91 Å². The van der Waals surface area contributed by atoms with Crippen molar-refractivity contribution in [1.29, 1.82) is 0 Å². The number of nitrogens with zero attached hydrogens (tertiary/aromatic N) is 1. The molecule has 0 radical (unpaired) electrons. The summed E-state index contributed by atoms with van der Waals surface area (Å²) in [7, 11) is 1.28. The van der Waals surface area contributed by atoms with Gasteiger partial charge in [0.05, 0.1) is 21.9 Å². The largest absolute Gasteiger partial charge is 0.467 e. The van der Waals surface area contributed by atoms with Gasteiger partial charge in [-0.25, -0.2) is 4.79 Å². The number of amides is 1. The minimum atomic E-state index is -0.700. The van der Waals surface area contributed by atoms with E-state index in [1.54, 1.807) is 6.07 Å². The van der Waals surface area contributed by atoms with Crippen LogP contribution in [0.4, 0.5) is 0 Å². The highest BCUT2D eigenvalue weighted by atomic mass is 79.9. The van der Waals surface area contributed by atoms with Crippen LogP contribution in [-0.4, -0.2) is 47.7 Å². The second-order valence-electron chi connectivity index (χ2n) is 4.45. The van der Waals surface area contributed by atoms with Gasteiger partial charge in [-0.2, -0.15) is 0 Å². The molecule has 104 valence electrons. The molecule has 2 unspecified atom stereocenters. The van der Waals surface area contributed by atoms with Crippen LogP contribution < -0.4 is 0 Å². The molecular formula is C12H14BrNO4S. The molecule has 0 bridgehead atoms.